The van der Waals surface area contributed by atoms with Gasteiger partial charge in [-0.1, -0.05) is 30.3 Å². The summed E-state index contributed by atoms with van der Waals surface area (Å²) >= 11 is 6.21. The maximum absolute atomic E-state index is 12.6. The summed E-state index contributed by atoms with van der Waals surface area (Å²) in [5.74, 6) is 2.68. The Morgan fingerprint density at radius 1 is 1.22 bits per heavy atom. The number of benzene rings is 1. The van der Waals surface area contributed by atoms with Crippen LogP contribution in [0.5, 0.6) is 0 Å². The molecule has 0 atom stereocenters. The first-order valence-corrected chi connectivity index (χ1v) is 9.15. The van der Waals surface area contributed by atoms with Crippen molar-refractivity contribution < 1.29 is 4.79 Å². The molecule has 1 N–H and O–H groups in total. The molecule has 0 aromatic heterocycles. The smallest absolute Gasteiger partial charge is 0.252 e. The number of hydrogen-bond acceptors (Lipinski definition) is 1. The molecular formula is C20H24ClNO. The van der Waals surface area contributed by atoms with E-state index in [2.05, 4.69) is 11.9 Å². The first-order chi connectivity index (χ1) is 11.1. The predicted octanol–water partition coefficient (Wildman–Crippen LogP) is 4.93. The van der Waals surface area contributed by atoms with E-state index in [1.54, 1.807) is 12.1 Å². The SMILES string of the molecule is C=Cc1ccc(Cl)c(C(=O)NCC23CC4CC(CC(C4)C2)C3)c1. The summed E-state index contributed by atoms with van der Waals surface area (Å²) < 4.78 is 0. The van der Waals surface area contributed by atoms with E-state index in [9.17, 15) is 4.79 Å². The van der Waals surface area contributed by atoms with Crippen molar-refractivity contribution >= 4 is 23.6 Å². The van der Waals surface area contributed by atoms with Crippen LogP contribution in [0.1, 0.15) is 54.4 Å². The summed E-state index contributed by atoms with van der Waals surface area (Å²) in [5, 5.41) is 3.70. The first-order valence-electron chi connectivity index (χ1n) is 8.77. The van der Waals surface area contributed by atoms with Crippen LogP contribution in [-0.4, -0.2) is 12.5 Å². The van der Waals surface area contributed by atoms with Crippen LogP contribution in [0.3, 0.4) is 0 Å². The highest BCUT2D eigenvalue weighted by molar-refractivity contribution is 6.33. The van der Waals surface area contributed by atoms with Gasteiger partial charge in [0.05, 0.1) is 10.6 Å². The molecule has 2 nitrogen and oxygen atoms in total. The standard InChI is InChI=1S/C20H24ClNO/c1-2-13-3-4-18(21)17(8-13)19(23)22-12-20-9-14-5-15(10-20)7-16(6-14)11-20/h2-4,8,14-16H,1,5-7,9-12H2,(H,22,23). The van der Waals surface area contributed by atoms with Gasteiger partial charge in [0.1, 0.15) is 0 Å². The molecule has 4 bridgehead atoms. The third-order valence-corrected chi connectivity index (χ3v) is 6.59. The minimum atomic E-state index is -0.0468. The highest BCUT2D eigenvalue weighted by atomic mass is 35.5. The summed E-state index contributed by atoms with van der Waals surface area (Å²) in [4.78, 5) is 12.6. The summed E-state index contributed by atoms with van der Waals surface area (Å²) in [7, 11) is 0. The quantitative estimate of drug-likeness (QED) is 0.833. The lowest BCUT2D eigenvalue weighted by Crippen LogP contribution is -2.51. The zero-order chi connectivity index (χ0) is 16.0. The zero-order valence-electron chi connectivity index (χ0n) is 13.5. The zero-order valence-corrected chi connectivity index (χ0v) is 14.2. The Labute approximate surface area is 143 Å². The normalized spacial score (nSPS) is 34.4. The van der Waals surface area contributed by atoms with E-state index in [0.717, 1.165) is 29.9 Å². The molecule has 122 valence electrons. The van der Waals surface area contributed by atoms with Gasteiger partial charge in [0.15, 0.2) is 0 Å². The van der Waals surface area contributed by atoms with Crippen LogP contribution in [0.2, 0.25) is 5.02 Å². The molecule has 0 aliphatic heterocycles. The van der Waals surface area contributed by atoms with Crippen LogP contribution in [0.4, 0.5) is 0 Å². The fourth-order valence-electron chi connectivity index (χ4n) is 5.71. The van der Waals surface area contributed by atoms with Crippen molar-refractivity contribution in [2.75, 3.05) is 6.54 Å². The summed E-state index contributed by atoms with van der Waals surface area (Å²) in [6.45, 7) is 4.57. The van der Waals surface area contributed by atoms with Crippen LogP contribution in [-0.2, 0) is 0 Å². The third-order valence-electron chi connectivity index (χ3n) is 6.26. The maximum Gasteiger partial charge on any atom is 0.252 e. The van der Waals surface area contributed by atoms with Crippen molar-refractivity contribution in [3.8, 4) is 0 Å². The molecule has 0 heterocycles. The Balaban J connectivity index is 1.47. The van der Waals surface area contributed by atoms with Gasteiger partial charge < -0.3 is 5.32 Å². The molecular weight excluding hydrogens is 306 g/mol. The highest BCUT2D eigenvalue weighted by Crippen LogP contribution is 2.59. The van der Waals surface area contributed by atoms with E-state index >= 15 is 0 Å². The number of halogens is 1. The third kappa shape index (κ3) is 2.82. The molecule has 0 radical (unpaired) electrons. The molecule has 0 saturated heterocycles. The first kappa shape index (κ1) is 15.3. The van der Waals surface area contributed by atoms with E-state index in [1.165, 1.54) is 38.5 Å². The van der Waals surface area contributed by atoms with Crippen molar-refractivity contribution in [1.29, 1.82) is 0 Å². The molecule has 3 heteroatoms. The van der Waals surface area contributed by atoms with Gasteiger partial charge in [0.25, 0.3) is 5.91 Å². The van der Waals surface area contributed by atoms with E-state index in [0.29, 0.717) is 16.0 Å². The van der Waals surface area contributed by atoms with E-state index < -0.39 is 0 Å². The maximum atomic E-state index is 12.6. The summed E-state index contributed by atoms with van der Waals surface area (Å²) in [6, 6.07) is 5.48. The summed E-state index contributed by atoms with van der Waals surface area (Å²) in [6.07, 6.45) is 9.95. The fraction of sp³-hybridized carbons (Fsp3) is 0.550. The van der Waals surface area contributed by atoms with Gasteiger partial charge >= 0.3 is 0 Å². The minimum absolute atomic E-state index is 0.0468. The van der Waals surface area contributed by atoms with E-state index in [4.69, 9.17) is 11.6 Å². The number of hydrogen-bond donors (Lipinski definition) is 1. The Bertz CT molecular complexity index is 616. The Kier molecular flexibility index (Phi) is 3.76. The van der Waals surface area contributed by atoms with Gasteiger partial charge in [-0.25, -0.2) is 0 Å². The molecule has 1 amide bonds. The fourth-order valence-corrected chi connectivity index (χ4v) is 5.92. The number of rotatable bonds is 4. The van der Waals surface area contributed by atoms with Gasteiger partial charge in [0.2, 0.25) is 0 Å². The Hall–Kier alpha value is -1.28. The van der Waals surface area contributed by atoms with Crippen LogP contribution in [0, 0.1) is 23.2 Å². The van der Waals surface area contributed by atoms with E-state index in [-0.39, 0.29) is 5.91 Å². The molecule has 23 heavy (non-hydrogen) atoms. The second-order valence-electron chi connectivity index (χ2n) is 8.04. The lowest BCUT2D eigenvalue weighted by atomic mass is 9.49. The largest absolute Gasteiger partial charge is 0.351 e. The molecule has 0 unspecified atom stereocenters. The second kappa shape index (κ2) is 5.66. The van der Waals surface area contributed by atoms with Crippen LogP contribution < -0.4 is 5.32 Å². The summed E-state index contributed by atoms with van der Waals surface area (Å²) in [5.41, 5.74) is 1.84. The van der Waals surface area contributed by atoms with Crippen molar-refractivity contribution in [3.63, 3.8) is 0 Å². The Morgan fingerprint density at radius 3 is 2.39 bits per heavy atom. The lowest BCUT2D eigenvalue weighted by Gasteiger charge is -2.56. The van der Waals surface area contributed by atoms with Crippen LogP contribution >= 0.6 is 11.6 Å². The molecule has 0 spiro atoms. The average molecular weight is 330 g/mol. The molecule has 4 aliphatic rings. The molecule has 4 aliphatic carbocycles. The van der Waals surface area contributed by atoms with Gasteiger partial charge in [-0.05, 0) is 79.4 Å². The molecule has 1 aromatic carbocycles. The topological polar surface area (TPSA) is 29.1 Å². The molecule has 4 saturated carbocycles. The Morgan fingerprint density at radius 2 is 1.83 bits per heavy atom. The molecule has 1 aromatic rings. The number of nitrogens with one attached hydrogen (secondary N) is 1. The van der Waals surface area contributed by atoms with Gasteiger partial charge in [-0.15, -0.1) is 0 Å². The number of amides is 1. The van der Waals surface area contributed by atoms with Crippen LogP contribution in [0.15, 0.2) is 24.8 Å². The molecule has 4 fully saturated rings. The minimum Gasteiger partial charge on any atom is -0.351 e. The number of carbonyl (C=O) groups excluding carboxylic acids is 1. The predicted molar refractivity (Wildman–Crippen MR) is 94.5 cm³/mol. The van der Waals surface area contributed by atoms with E-state index in [1.807, 2.05) is 12.1 Å². The van der Waals surface area contributed by atoms with Crippen molar-refractivity contribution in [2.45, 2.75) is 38.5 Å². The van der Waals surface area contributed by atoms with Gasteiger partial charge in [-0.2, -0.15) is 0 Å². The number of carbonyl (C=O) groups is 1. The van der Waals surface area contributed by atoms with Crippen molar-refractivity contribution in [1.82, 2.24) is 5.32 Å². The lowest BCUT2D eigenvalue weighted by molar-refractivity contribution is -0.0503. The van der Waals surface area contributed by atoms with Gasteiger partial charge in [0, 0.05) is 6.54 Å². The monoisotopic (exact) mass is 329 g/mol. The molecule has 5 rings (SSSR count). The van der Waals surface area contributed by atoms with Crippen LogP contribution in [0.25, 0.3) is 6.08 Å². The average Bonchev–Trinajstić information content (AvgIpc) is 2.52. The van der Waals surface area contributed by atoms with Gasteiger partial charge in [-0.3, -0.25) is 4.79 Å². The second-order valence-corrected chi connectivity index (χ2v) is 8.45. The van der Waals surface area contributed by atoms with Crippen molar-refractivity contribution in [2.24, 2.45) is 23.2 Å². The highest BCUT2D eigenvalue weighted by Gasteiger charge is 2.50. The van der Waals surface area contributed by atoms with Crippen molar-refractivity contribution in [3.05, 3.63) is 40.9 Å².